The quantitative estimate of drug-likeness (QED) is 0.721. The van der Waals surface area contributed by atoms with E-state index in [4.69, 9.17) is 0 Å². The third-order valence-electron chi connectivity index (χ3n) is 4.84. The molecule has 0 spiro atoms. The van der Waals surface area contributed by atoms with Crippen molar-refractivity contribution in [1.82, 2.24) is 15.5 Å². The minimum atomic E-state index is -0.508. The summed E-state index contributed by atoms with van der Waals surface area (Å²) in [6.07, 6.45) is 0.0863. The van der Waals surface area contributed by atoms with Crippen molar-refractivity contribution in [3.63, 3.8) is 0 Å². The van der Waals surface area contributed by atoms with Crippen LogP contribution in [0.15, 0.2) is 53.3 Å². The largest absolute Gasteiger partial charge is 0.350 e. The molecule has 1 aromatic heterocycles. The molecule has 0 aliphatic carbocycles. The van der Waals surface area contributed by atoms with Crippen LogP contribution in [0.4, 0.5) is 10.1 Å². The summed E-state index contributed by atoms with van der Waals surface area (Å²) in [5, 5.41) is 10.4. The summed E-state index contributed by atoms with van der Waals surface area (Å²) in [6.45, 7) is 0.369. The Labute approximate surface area is 159 Å². The molecule has 4 rings (SSSR count). The van der Waals surface area contributed by atoms with E-state index < -0.39 is 5.92 Å². The van der Waals surface area contributed by atoms with Crippen LogP contribution < -0.4 is 15.8 Å². The van der Waals surface area contributed by atoms with Gasteiger partial charge in [-0.2, -0.15) is 5.10 Å². The number of H-pyrrole nitrogens is 1. The lowest BCUT2D eigenvalue weighted by Crippen LogP contribution is -2.33. The van der Waals surface area contributed by atoms with Crippen molar-refractivity contribution in [1.29, 1.82) is 0 Å². The standard InChI is InChI=1S/C20H17FN4O3/c21-13-5-7-14(8-6-13)25-11-12(9-18(25)26)19(27)22-10-17-15-3-1-2-4-16(15)20(28)24-23-17/h1-8,12H,9-11H2,(H,22,27)(H,24,28). The SMILES string of the molecule is O=C(NCc1n[nH]c(=O)c2ccccc12)C1CC(=O)N(c2ccc(F)cc2)C1. The van der Waals surface area contributed by atoms with Crippen LogP contribution in [-0.4, -0.2) is 28.6 Å². The second-order valence-electron chi connectivity index (χ2n) is 6.64. The van der Waals surface area contributed by atoms with Crippen LogP contribution in [0.25, 0.3) is 10.8 Å². The predicted molar refractivity (Wildman–Crippen MR) is 101 cm³/mol. The van der Waals surface area contributed by atoms with Gasteiger partial charge in [-0.15, -0.1) is 0 Å². The third-order valence-corrected chi connectivity index (χ3v) is 4.84. The molecule has 1 atom stereocenters. The normalized spacial score (nSPS) is 16.5. The average Bonchev–Trinajstić information content (AvgIpc) is 3.10. The number of benzene rings is 2. The third kappa shape index (κ3) is 3.36. The highest BCUT2D eigenvalue weighted by Gasteiger charge is 2.35. The second kappa shape index (κ2) is 7.22. The van der Waals surface area contributed by atoms with Gasteiger partial charge >= 0.3 is 0 Å². The van der Waals surface area contributed by atoms with Gasteiger partial charge in [-0.05, 0) is 30.3 Å². The molecule has 1 aliphatic rings. The first-order valence-electron chi connectivity index (χ1n) is 8.83. The summed E-state index contributed by atoms with van der Waals surface area (Å²) in [5.74, 6) is -1.34. The van der Waals surface area contributed by atoms with E-state index in [1.165, 1.54) is 29.2 Å². The van der Waals surface area contributed by atoms with Crippen molar-refractivity contribution < 1.29 is 14.0 Å². The van der Waals surface area contributed by atoms with Crippen molar-refractivity contribution in [2.45, 2.75) is 13.0 Å². The molecule has 1 unspecified atom stereocenters. The summed E-state index contributed by atoms with van der Waals surface area (Å²) in [4.78, 5) is 38.1. The molecule has 142 valence electrons. The molecule has 0 saturated carbocycles. The molecule has 0 bridgehead atoms. The lowest BCUT2D eigenvalue weighted by atomic mass is 10.1. The molecule has 2 N–H and O–H groups in total. The lowest BCUT2D eigenvalue weighted by Gasteiger charge is -2.16. The number of hydrogen-bond acceptors (Lipinski definition) is 4. The number of rotatable bonds is 4. The van der Waals surface area contributed by atoms with Crippen LogP contribution in [0.1, 0.15) is 12.1 Å². The first kappa shape index (κ1) is 17.8. The van der Waals surface area contributed by atoms with E-state index in [-0.39, 0.29) is 42.7 Å². The fraction of sp³-hybridized carbons (Fsp3) is 0.200. The number of nitrogens with one attached hydrogen (secondary N) is 2. The molecule has 0 radical (unpaired) electrons. The monoisotopic (exact) mass is 380 g/mol. The Morgan fingerprint density at radius 1 is 1.14 bits per heavy atom. The molecule has 7 nitrogen and oxygen atoms in total. The number of nitrogens with zero attached hydrogens (tertiary/aromatic N) is 2. The topological polar surface area (TPSA) is 95.2 Å². The van der Waals surface area contributed by atoms with E-state index in [1.54, 1.807) is 24.3 Å². The van der Waals surface area contributed by atoms with E-state index in [9.17, 15) is 18.8 Å². The van der Waals surface area contributed by atoms with Crippen LogP contribution in [0.5, 0.6) is 0 Å². The molecule has 8 heteroatoms. The zero-order valence-electron chi connectivity index (χ0n) is 14.8. The van der Waals surface area contributed by atoms with Gasteiger partial charge in [0.2, 0.25) is 11.8 Å². The number of carbonyl (C=O) groups is 2. The first-order valence-corrected chi connectivity index (χ1v) is 8.83. The Morgan fingerprint density at radius 2 is 1.86 bits per heavy atom. The number of hydrogen-bond donors (Lipinski definition) is 2. The van der Waals surface area contributed by atoms with Crippen LogP contribution in [0.2, 0.25) is 0 Å². The van der Waals surface area contributed by atoms with E-state index in [0.717, 1.165) is 0 Å². The number of anilines is 1. The van der Waals surface area contributed by atoms with Gasteiger partial charge in [-0.25, -0.2) is 9.49 Å². The zero-order valence-corrected chi connectivity index (χ0v) is 14.8. The number of aromatic nitrogens is 2. The fourth-order valence-corrected chi connectivity index (χ4v) is 3.38. The highest BCUT2D eigenvalue weighted by atomic mass is 19.1. The van der Waals surface area contributed by atoms with E-state index in [2.05, 4.69) is 15.5 Å². The van der Waals surface area contributed by atoms with Gasteiger partial charge in [-0.3, -0.25) is 14.4 Å². The second-order valence-corrected chi connectivity index (χ2v) is 6.64. The van der Waals surface area contributed by atoms with Crippen LogP contribution >= 0.6 is 0 Å². The Kier molecular flexibility index (Phi) is 4.60. The number of halogens is 1. The molecule has 1 saturated heterocycles. The summed E-state index contributed by atoms with van der Waals surface area (Å²) in [7, 11) is 0. The van der Waals surface area contributed by atoms with E-state index >= 15 is 0 Å². The maximum absolute atomic E-state index is 13.1. The predicted octanol–water partition coefficient (Wildman–Crippen LogP) is 1.73. The summed E-state index contributed by atoms with van der Waals surface area (Å²) < 4.78 is 13.1. The molecule has 1 aliphatic heterocycles. The highest BCUT2D eigenvalue weighted by molar-refractivity contribution is 6.00. The van der Waals surface area contributed by atoms with E-state index in [0.29, 0.717) is 22.2 Å². The maximum atomic E-state index is 13.1. The van der Waals surface area contributed by atoms with Gasteiger partial charge in [0.1, 0.15) is 5.82 Å². The average molecular weight is 380 g/mol. The number of amides is 2. The van der Waals surface area contributed by atoms with Gasteiger partial charge in [0.25, 0.3) is 5.56 Å². The first-order chi connectivity index (χ1) is 13.5. The molecule has 28 heavy (non-hydrogen) atoms. The molecule has 2 amide bonds. The zero-order chi connectivity index (χ0) is 19.7. The van der Waals surface area contributed by atoms with Gasteiger partial charge in [-0.1, -0.05) is 18.2 Å². The lowest BCUT2D eigenvalue weighted by molar-refractivity contribution is -0.126. The van der Waals surface area contributed by atoms with Gasteiger partial charge in [0.15, 0.2) is 0 Å². The van der Waals surface area contributed by atoms with Crippen LogP contribution in [0.3, 0.4) is 0 Å². The summed E-state index contributed by atoms with van der Waals surface area (Å²) in [6, 6.07) is 12.6. The van der Waals surface area contributed by atoms with Gasteiger partial charge < -0.3 is 10.2 Å². The molecular formula is C20H17FN4O3. The fourth-order valence-electron chi connectivity index (χ4n) is 3.38. The Balaban J connectivity index is 1.45. The van der Waals surface area contributed by atoms with Crippen LogP contribution in [-0.2, 0) is 16.1 Å². The number of carbonyl (C=O) groups excluding carboxylic acids is 2. The van der Waals surface area contributed by atoms with Crippen molar-refractivity contribution in [2.24, 2.45) is 5.92 Å². The Bertz CT molecular complexity index is 1110. The highest BCUT2D eigenvalue weighted by Crippen LogP contribution is 2.25. The van der Waals surface area contributed by atoms with Crippen LogP contribution in [0, 0.1) is 11.7 Å². The molecular weight excluding hydrogens is 363 g/mol. The summed E-state index contributed by atoms with van der Waals surface area (Å²) >= 11 is 0. The van der Waals surface area contributed by atoms with Crippen molar-refractivity contribution in [2.75, 3.05) is 11.4 Å². The van der Waals surface area contributed by atoms with Crippen molar-refractivity contribution in [3.8, 4) is 0 Å². The Hall–Kier alpha value is -3.55. The molecule has 2 heterocycles. The molecule has 3 aromatic rings. The number of aromatic amines is 1. The minimum absolute atomic E-state index is 0.0863. The van der Waals surface area contributed by atoms with Gasteiger partial charge in [0, 0.05) is 24.0 Å². The van der Waals surface area contributed by atoms with Gasteiger partial charge in [0.05, 0.1) is 23.5 Å². The number of fused-ring (bicyclic) bond motifs is 1. The maximum Gasteiger partial charge on any atom is 0.272 e. The molecule has 2 aromatic carbocycles. The van der Waals surface area contributed by atoms with Crippen molar-refractivity contribution in [3.05, 3.63) is 70.4 Å². The summed E-state index contributed by atoms with van der Waals surface area (Å²) in [5.41, 5.74) is 0.820. The van der Waals surface area contributed by atoms with Crippen molar-refractivity contribution >= 4 is 28.3 Å². The van der Waals surface area contributed by atoms with E-state index in [1.807, 2.05) is 0 Å². The molecule has 1 fully saturated rings. The Morgan fingerprint density at radius 3 is 2.61 bits per heavy atom. The minimum Gasteiger partial charge on any atom is -0.350 e. The smallest absolute Gasteiger partial charge is 0.272 e.